The van der Waals surface area contributed by atoms with Crippen molar-refractivity contribution in [1.82, 2.24) is 5.32 Å². The van der Waals surface area contributed by atoms with Crippen LogP contribution in [-0.2, 0) is 16.1 Å². The summed E-state index contributed by atoms with van der Waals surface area (Å²) in [5.41, 5.74) is 2.26. The number of aryl methyl sites for hydroxylation is 1. The molecule has 1 N–H and O–H groups in total. The summed E-state index contributed by atoms with van der Waals surface area (Å²) in [6, 6.07) is 10.6. The van der Waals surface area contributed by atoms with E-state index >= 15 is 0 Å². The summed E-state index contributed by atoms with van der Waals surface area (Å²) in [6.45, 7) is 3.85. The zero-order chi connectivity index (χ0) is 20.0. The normalized spacial score (nSPS) is 11.4. The molecule has 0 aliphatic rings. The molecule has 6 nitrogen and oxygen atoms in total. The largest absolute Gasteiger partial charge is 0.493 e. The van der Waals surface area contributed by atoms with E-state index in [1.165, 1.54) is 33.3 Å². The molecule has 0 aliphatic carbocycles. The molecular formula is C20H22ClNO5. The van der Waals surface area contributed by atoms with Crippen LogP contribution in [0.1, 0.15) is 28.4 Å². The van der Waals surface area contributed by atoms with Crippen LogP contribution in [0.4, 0.5) is 0 Å². The lowest BCUT2D eigenvalue weighted by Crippen LogP contribution is -2.35. The van der Waals surface area contributed by atoms with Gasteiger partial charge in [-0.15, -0.1) is 0 Å². The van der Waals surface area contributed by atoms with Crippen molar-refractivity contribution < 1.29 is 23.8 Å². The minimum atomic E-state index is -0.963. The third-order valence-corrected chi connectivity index (χ3v) is 4.19. The van der Waals surface area contributed by atoms with Crippen molar-refractivity contribution in [3.8, 4) is 11.5 Å². The molecule has 7 heteroatoms. The molecule has 0 radical (unpaired) electrons. The molecule has 2 aromatic carbocycles. The molecular weight excluding hydrogens is 370 g/mol. The monoisotopic (exact) mass is 391 g/mol. The van der Waals surface area contributed by atoms with E-state index in [1.807, 2.05) is 31.2 Å². The second-order valence-electron chi connectivity index (χ2n) is 5.94. The molecule has 1 amide bonds. The molecule has 0 saturated heterocycles. The molecule has 0 saturated carbocycles. The lowest BCUT2D eigenvalue weighted by molar-refractivity contribution is -0.129. The van der Waals surface area contributed by atoms with E-state index in [0.29, 0.717) is 18.0 Å². The van der Waals surface area contributed by atoms with Gasteiger partial charge in [-0.3, -0.25) is 4.79 Å². The van der Waals surface area contributed by atoms with Crippen LogP contribution in [0.3, 0.4) is 0 Å². The number of hydrogen-bond donors (Lipinski definition) is 1. The lowest BCUT2D eigenvalue weighted by atomic mass is 10.1. The summed E-state index contributed by atoms with van der Waals surface area (Å²) >= 11 is 6.09. The average molecular weight is 392 g/mol. The van der Waals surface area contributed by atoms with Crippen LogP contribution in [0.25, 0.3) is 0 Å². The van der Waals surface area contributed by atoms with Crippen molar-refractivity contribution >= 4 is 23.5 Å². The predicted octanol–water partition coefficient (Wildman–Crippen LogP) is 3.53. The summed E-state index contributed by atoms with van der Waals surface area (Å²) in [4.78, 5) is 24.5. The van der Waals surface area contributed by atoms with Crippen molar-refractivity contribution in [2.45, 2.75) is 26.5 Å². The molecule has 0 aromatic heterocycles. The number of carbonyl (C=O) groups excluding carboxylic acids is 2. The van der Waals surface area contributed by atoms with Crippen LogP contribution in [0.15, 0.2) is 36.4 Å². The summed E-state index contributed by atoms with van der Waals surface area (Å²) in [5.74, 6) is -0.459. The van der Waals surface area contributed by atoms with Crippen LogP contribution in [-0.4, -0.2) is 32.2 Å². The van der Waals surface area contributed by atoms with E-state index in [2.05, 4.69) is 5.32 Å². The van der Waals surface area contributed by atoms with Crippen LogP contribution in [0, 0.1) is 6.92 Å². The van der Waals surface area contributed by atoms with Crippen LogP contribution in [0.2, 0.25) is 5.02 Å². The second kappa shape index (κ2) is 9.28. The zero-order valence-electron chi connectivity index (χ0n) is 15.7. The third kappa shape index (κ3) is 5.37. The molecule has 2 aromatic rings. The van der Waals surface area contributed by atoms with Gasteiger partial charge >= 0.3 is 5.97 Å². The third-order valence-electron chi connectivity index (χ3n) is 3.91. The second-order valence-corrected chi connectivity index (χ2v) is 6.35. The Kier molecular flexibility index (Phi) is 7.07. The van der Waals surface area contributed by atoms with Gasteiger partial charge in [-0.25, -0.2) is 4.79 Å². The first-order valence-corrected chi connectivity index (χ1v) is 8.69. The SMILES string of the molecule is COc1cc(C(=O)O[C@H](C)C(=O)NCc2ccc(C)cc2)cc(Cl)c1OC. The number of carbonyl (C=O) groups is 2. The van der Waals surface area contributed by atoms with E-state index in [0.717, 1.165) is 11.1 Å². The van der Waals surface area contributed by atoms with Crippen LogP contribution in [0.5, 0.6) is 11.5 Å². The van der Waals surface area contributed by atoms with E-state index in [4.69, 9.17) is 25.8 Å². The summed E-state index contributed by atoms with van der Waals surface area (Å²) in [6.07, 6.45) is -0.963. The molecule has 0 aliphatic heterocycles. The van der Waals surface area contributed by atoms with Gasteiger partial charge in [0.05, 0.1) is 24.8 Å². The Morgan fingerprint density at radius 2 is 1.78 bits per heavy atom. The van der Waals surface area contributed by atoms with E-state index in [1.54, 1.807) is 0 Å². The number of esters is 1. The molecule has 2 rings (SSSR count). The summed E-state index contributed by atoms with van der Waals surface area (Å²) in [5, 5.41) is 2.95. The fourth-order valence-corrected chi connectivity index (χ4v) is 2.64. The minimum Gasteiger partial charge on any atom is -0.493 e. The average Bonchev–Trinajstić information content (AvgIpc) is 2.66. The maximum atomic E-state index is 12.3. The van der Waals surface area contributed by atoms with E-state index < -0.39 is 18.0 Å². The lowest BCUT2D eigenvalue weighted by Gasteiger charge is -2.15. The van der Waals surface area contributed by atoms with Gasteiger partial charge in [0.2, 0.25) is 0 Å². The first-order valence-electron chi connectivity index (χ1n) is 8.31. The Morgan fingerprint density at radius 1 is 1.11 bits per heavy atom. The Morgan fingerprint density at radius 3 is 2.37 bits per heavy atom. The van der Waals surface area contributed by atoms with Gasteiger partial charge in [0.1, 0.15) is 0 Å². The van der Waals surface area contributed by atoms with Gasteiger partial charge in [0, 0.05) is 6.54 Å². The fraction of sp³-hybridized carbons (Fsp3) is 0.300. The van der Waals surface area contributed by atoms with Crippen molar-refractivity contribution in [1.29, 1.82) is 0 Å². The molecule has 0 unspecified atom stereocenters. The highest BCUT2D eigenvalue weighted by Crippen LogP contribution is 2.36. The number of rotatable bonds is 7. The number of benzene rings is 2. The van der Waals surface area contributed by atoms with E-state index in [-0.39, 0.29) is 10.6 Å². The Labute approximate surface area is 163 Å². The molecule has 27 heavy (non-hydrogen) atoms. The molecule has 0 bridgehead atoms. The Bertz CT molecular complexity index is 820. The smallest absolute Gasteiger partial charge is 0.339 e. The molecule has 0 spiro atoms. The first kappa shape index (κ1) is 20.6. The van der Waals surface area contributed by atoms with Crippen molar-refractivity contribution in [2.75, 3.05) is 14.2 Å². The number of ether oxygens (including phenoxy) is 3. The van der Waals surface area contributed by atoms with Gasteiger partial charge in [-0.05, 0) is 31.5 Å². The topological polar surface area (TPSA) is 73.9 Å². The van der Waals surface area contributed by atoms with Gasteiger partial charge < -0.3 is 19.5 Å². The standard InChI is InChI=1S/C20H22ClNO5/c1-12-5-7-14(8-6-12)11-22-19(23)13(2)27-20(24)15-9-16(21)18(26-4)17(10-15)25-3/h5-10,13H,11H2,1-4H3,(H,22,23)/t13-/m1/s1. The highest BCUT2D eigenvalue weighted by Gasteiger charge is 2.21. The first-order chi connectivity index (χ1) is 12.8. The summed E-state index contributed by atoms with van der Waals surface area (Å²) < 4.78 is 15.5. The number of methoxy groups -OCH3 is 2. The molecule has 144 valence electrons. The summed E-state index contributed by atoms with van der Waals surface area (Å²) in [7, 11) is 2.88. The fourth-order valence-electron chi connectivity index (χ4n) is 2.36. The van der Waals surface area contributed by atoms with E-state index in [9.17, 15) is 9.59 Å². The maximum Gasteiger partial charge on any atom is 0.339 e. The van der Waals surface area contributed by atoms with Crippen molar-refractivity contribution in [3.05, 3.63) is 58.1 Å². The number of halogens is 1. The van der Waals surface area contributed by atoms with Gasteiger partial charge in [-0.1, -0.05) is 41.4 Å². The van der Waals surface area contributed by atoms with Crippen molar-refractivity contribution in [3.63, 3.8) is 0 Å². The Hall–Kier alpha value is -2.73. The van der Waals surface area contributed by atoms with Crippen LogP contribution >= 0.6 is 11.6 Å². The zero-order valence-corrected chi connectivity index (χ0v) is 16.4. The molecule has 1 atom stereocenters. The minimum absolute atomic E-state index is 0.163. The highest BCUT2D eigenvalue weighted by molar-refractivity contribution is 6.32. The number of hydrogen-bond acceptors (Lipinski definition) is 5. The number of nitrogens with one attached hydrogen (secondary N) is 1. The maximum absolute atomic E-state index is 12.3. The molecule has 0 heterocycles. The van der Waals surface area contributed by atoms with Gasteiger partial charge in [0.25, 0.3) is 5.91 Å². The van der Waals surface area contributed by atoms with Gasteiger partial charge in [0.15, 0.2) is 17.6 Å². The van der Waals surface area contributed by atoms with Crippen molar-refractivity contribution in [2.24, 2.45) is 0 Å². The number of amides is 1. The molecule has 0 fully saturated rings. The van der Waals surface area contributed by atoms with Gasteiger partial charge in [-0.2, -0.15) is 0 Å². The highest BCUT2D eigenvalue weighted by atomic mass is 35.5. The predicted molar refractivity (Wildman–Crippen MR) is 102 cm³/mol. The van der Waals surface area contributed by atoms with Crippen LogP contribution < -0.4 is 14.8 Å². The quantitative estimate of drug-likeness (QED) is 0.731. The Balaban J connectivity index is 1.99.